The number of aromatic amines is 1. The minimum atomic E-state index is -1.20. The molecule has 0 radical (unpaired) electrons. The molecule has 3 rings (SSSR count). The average molecular weight is 456 g/mol. The Morgan fingerprint density at radius 3 is 1.93 bits per heavy atom. The Labute approximate surface area is 170 Å². The van der Waals surface area contributed by atoms with Crippen LogP contribution in [-0.2, 0) is 33.3 Å². The zero-order valence-corrected chi connectivity index (χ0v) is 16.9. The summed E-state index contributed by atoms with van der Waals surface area (Å²) in [7, 11) is 0. The van der Waals surface area contributed by atoms with Crippen LogP contribution in [0.1, 0.15) is 11.5 Å². The van der Waals surface area contributed by atoms with Crippen molar-refractivity contribution in [2.24, 2.45) is 0 Å². The lowest BCUT2D eigenvalue weighted by atomic mass is 9.98. The summed E-state index contributed by atoms with van der Waals surface area (Å²) >= 11 is 3.42. The molecular formula is C19H22BrNO7. The number of nitrogens with one attached hydrogen (secondary N) is 1. The number of benzene rings is 1. The van der Waals surface area contributed by atoms with Gasteiger partial charge in [-0.3, -0.25) is 9.59 Å². The van der Waals surface area contributed by atoms with Crippen LogP contribution >= 0.6 is 15.9 Å². The molecule has 1 saturated heterocycles. The Kier molecular flexibility index (Phi) is 7.84. The zero-order chi connectivity index (χ0) is 19.8. The topological polar surface area (TPSA) is 96.1 Å². The molecule has 152 valence electrons. The van der Waals surface area contributed by atoms with Gasteiger partial charge in [0, 0.05) is 27.1 Å². The van der Waals surface area contributed by atoms with Crippen molar-refractivity contribution in [2.45, 2.75) is 5.92 Å². The highest BCUT2D eigenvalue weighted by atomic mass is 79.9. The van der Waals surface area contributed by atoms with Crippen molar-refractivity contribution in [3.63, 3.8) is 0 Å². The lowest BCUT2D eigenvalue weighted by Gasteiger charge is -2.16. The van der Waals surface area contributed by atoms with Gasteiger partial charge >= 0.3 is 11.9 Å². The van der Waals surface area contributed by atoms with E-state index in [-0.39, 0.29) is 26.4 Å². The van der Waals surface area contributed by atoms with E-state index in [2.05, 4.69) is 20.9 Å². The standard InChI is InChI=1S/C19H22BrNO7/c20-13-1-2-16-14(11-13)15(12-21-16)17-18(22)27-9-7-25-5-3-24-4-6-26-8-10-28-19(17)23/h1-2,11-12,17,21H,3-10H2. The molecule has 1 N–H and O–H groups in total. The summed E-state index contributed by atoms with van der Waals surface area (Å²) < 4.78 is 27.4. The molecule has 0 saturated carbocycles. The highest BCUT2D eigenvalue weighted by molar-refractivity contribution is 9.10. The SMILES string of the molecule is O=C1OCCOCCOCCOCCOC(=O)C1c1c[nH]c2ccc(Br)cc12. The molecule has 1 aromatic heterocycles. The van der Waals surface area contributed by atoms with Crippen molar-refractivity contribution in [3.8, 4) is 0 Å². The first kappa shape index (κ1) is 20.8. The fourth-order valence-corrected chi connectivity index (χ4v) is 3.18. The van der Waals surface area contributed by atoms with E-state index >= 15 is 0 Å². The van der Waals surface area contributed by atoms with Crippen LogP contribution < -0.4 is 0 Å². The van der Waals surface area contributed by atoms with Gasteiger partial charge in [0.05, 0.1) is 39.6 Å². The number of hydrogen-bond donors (Lipinski definition) is 1. The lowest BCUT2D eigenvalue weighted by Crippen LogP contribution is -2.28. The van der Waals surface area contributed by atoms with E-state index < -0.39 is 17.9 Å². The molecule has 1 aromatic carbocycles. The number of carbonyl (C=O) groups is 2. The Balaban J connectivity index is 1.79. The van der Waals surface area contributed by atoms with E-state index in [9.17, 15) is 9.59 Å². The van der Waals surface area contributed by atoms with Gasteiger partial charge in [-0.25, -0.2) is 0 Å². The monoisotopic (exact) mass is 455 g/mol. The molecule has 1 fully saturated rings. The number of aromatic nitrogens is 1. The molecule has 0 unspecified atom stereocenters. The quantitative estimate of drug-likeness (QED) is 0.519. The second-order valence-corrected chi connectivity index (χ2v) is 6.95. The van der Waals surface area contributed by atoms with Gasteiger partial charge < -0.3 is 28.7 Å². The summed E-state index contributed by atoms with van der Waals surface area (Å²) in [5.74, 6) is -2.56. The Hall–Kier alpha value is -1.94. The first-order chi connectivity index (χ1) is 13.7. The summed E-state index contributed by atoms with van der Waals surface area (Å²) in [5.41, 5.74) is 1.31. The summed E-state index contributed by atoms with van der Waals surface area (Å²) in [6.45, 7) is 2.15. The van der Waals surface area contributed by atoms with Crippen molar-refractivity contribution < 1.29 is 33.3 Å². The molecule has 2 heterocycles. The van der Waals surface area contributed by atoms with Crippen LogP contribution in [0.3, 0.4) is 0 Å². The van der Waals surface area contributed by atoms with Crippen molar-refractivity contribution in [2.75, 3.05) is 52.9 Å². The van der Waals surface area contributed by atoms with Gasteiger partial charge in [0.25, 0.3) is 0 Å². The largest absolute Gasteiger partial charge is 0.462 e. The van der Waals surface area contributed by atoms with Crippen LogP contribution in [0.15, 0.2) is 28.9 Å². The zero-order valence-electron chi connectivity index (χ0n) is 15.3. The third kappa shape index (κ3) is 5.54. The van der Waals surface area contributed by atoms with Crippen LogP contribution in [0.2, 0.25) is 0 Å². The van der Waals surface area contributed by atoms with Crippen LogP contribution in [0.25, 0.3) is 10.9 Å². The maximum absolute atomic E-state index is 12.7. The number of halogens is 1. The molecule has 0 spiro atoms. The number of esters is 2. The number of cyclic esters (lactones) is 2. The summed E-state index contributed by atoms with van der Waals surface area (Å²) in [6.07, 6.45) is 1.63. The van der Waals surface area contributed by atoms with E-state index in [0.717, 1.165) is 15.4 Å². The van der Waals surface area contributed by atoms with Gasteiger partial charge in [0.2, 0.25) is 0 Å². The van der Waals surface area contributed by atoms with Gasteiger partial charge in [-0.05, 0) is 18.2 Å². The predicted octanol–water partition coefficient (Wildman–Crippen LogP) is 2.16. The number of hydrogen-bond acceptors (Lipinski definition) is 7. The molecule has 0 aliphatic carbocycles. The Bertz CT molecular complexity index is 781. The lowest BCUT2D eigenvalue weighted by molar-refractivity contribution is -0.159. The number of H-pyrrole nitrogens is 1. The normalized spacial score (nSPS) is 19.3. The molecule has 0 atom stereocenters. The van der Waals surface area contributed by atoms with Crippen LogP contribution in [0.5, 0.6) is 0 Å². The van der Waals surface area contributed by atoms with E-state index in [0.29, 0.717) is 32.0 Å². The number of carbonyl (C=O) groups excluding carboxylic acids is 2. The molecule has 0 amide bonds. The third-order valence-corrected chi connectivity index (χ3v) is 4.64. The van der Waals surface area contributed by atoms with E-state index in [4.69, 9.17) is 23.7 Å². The molecule has 1 aliphatic heterocycles. The summed E-state index contributed by atoms with van der Waals surface area (Å²) in [4.78, 5) is 28.4. The predicted molar refractivity (Wildman–Crippen MR) is 103 cm³/mol. The number of fused-ring (bicyclic) bond motifs is 1. The Morgan fingerprint density at radius 1 is 0.821 bits per heavy atom. The summed E-state index contributed by atoms with van der Waals surface area (Å²) in [6, 6.07) is 5.57. The fraction of sp³-hybridized carbons (Fsp3) is 0.474. The summed E-state index contributed by atoms with van der Waals surface area (Å²) in [5, 5.41) is 0.743. The van der Waals surface area contributed by atoms with Crippen molar-refractivity contribution in [3.05, 3.63) is 34.4 Å². The first-order valence-corrected chi connectivity index (χ1v) is 9.79. The molecule has 8 nitrogen and oxygen atoms in total. The van der Waals surface area contributed by atoms with Gasteiger partial charge in [0.15, 0.2) is 5.92 Å². The number of rotatable bonds is 1. The minimum absolute atomic E-state index is 0.0395. The molecule has 2 aromatic rings. The maximum atomic E-state index is 12.7. The van der Waals surface area contributed by atoms with Crippen LogP contribution in [-0.4, -0.2) is 69.8 Å². The van der Waals surface area contributed by atoms with Crippen LogP contribution in [0, 0.1) is 0 Å². The second kappa shape index (κ2) is 10.6. The van der Waals surface area contributed by atoms with Gasteiger partial charge in [-0.1, -0.05) is 15.9 Å². The molecule has 9 heteroatoms. The van der Waals surface area contributed by atoms with Crippen LogP contribution in [0.4, 0.5) is 0 Å². The van der Waals surface area contributed by atoms with Crippen molar-refractivity contribution in [1.82, 2.24) is 4.98 Å². The average Bonchev–Trinajstić information content (AvgIpc) is 3.07. The fourth-order valence-electron chi connectivity index (χ4n) is 2.81. The smallest absolute Gasteiger partial charge is 0.325 e. The van der Waals surface area contributed by atoms with E-state index in [1.165, 1.54) is 0 Å². The van der Waals surface area contributed by atoms with E-state index in [1.54, 1.807) is 6.20 Å². The van der Waals surface area contributed by atoms with Gasteiger partial charge in [-0.15, -0.1) is 0 Å². The maximum Gasteiger partial charge on any atom is 0.325 e. The Morgan fingerprint density at radius 2 is 1.36 bits per heavy atom. The van der Waals surface area contributed by atoms with E-state index in [1.807, 2.05) is 18.2 Å². The first-order valence-electron chi connectivity index (χ1n) is 9.00. The van der Waals surface area contributed by atoms with Gasteiger partial charge in [0.1, 0.15) is 13.2 Å². The minimum Gasteiger partial charge on any atom is -0.462 e. The molecule has 28 heavy (non-hydrogen) atoms. The molecule has 0 bridgehead atoms. The van der Waals surface area contributed by atoms with Gasteiger partial charge in [-0.2, -0.15) is 0 Å². The molecular weight excluding hydrogens is 434 g/mol. The van der Waals surface area contributed by atoms with Crippen molar-refractivity contribution >= 4 is 38.8 Å². The van der Waals surface area contributed by atoms with Crippen molar-refractivity contribution in [1.29, 1.82) is 0 Å². The highest BCUT2D eigenvalue weighted by Crippen LogP contribution is 2.30. The highest BCUT2D eigenvalue weighted by Gasteiger charge is 2.34. The number of ether oxygens (including phenoxy) is 5. The third-order valence-electron chi connectivity index (χ3n) is 4.15. The molecule has 1 aliphatic rings. The second-order valence-electron chi connectivity index (χ2n) is 6.04.